The molecule has 0 aromatic carbocycles. The second-order valence-corrected chi connectivity index (χ2v) is 7.49. The molecule has 4 nitrogen and oxygen atoms in total. The summed E-state index contributed by atoms with van der Waals surface area (Å²) in [6, 6.07) is 0. The Labute approximate surface area is 161 Å². The molecule has 1 amide bonds. The van der Waals surface area contributed by atoms with E-state index in [1.54, 1.807) is 0 Å². The standard InChI is InChI=1S/C22H41NO3/c1-5-6-7-9-12-15-19(2)16-13-10-8-11-14-17-21(24)23-18-20(3)22(25)26-4/h19H,3,5-18H2,1-2,4H3,(H,23,24). The maximum absolute atomic E-state index is 11.7. The Kier molecular flexibility index (Phi) is 16.2. The predicted octanol–water partition coefficient (Wildman–Crippen LogP) is 5.56. The van der Waals surface area contributed by atoms with Crippen LogP contribution in [0.2, 0.25) is 0 Å². The van der Waals surface area contributed by atoms with Crippen LogP contribution in [0.4, 0.5) is 0 Å². The fourth-order valence-corrected chi connectivity index (χ4v) is 3.06. The lowest BCUT2D eigenvalue weighted by atomic mass is 9.96. The quantitative estimate of drug-likeness (QED) is 0.208. The van der Waals surface area contributed by atoms with Crippen molar-refractivity contribution in [3.8, 4) is 0 Å². The van der Waals surface area contributed by atoms with Crippen molar-refractivity contribution in [2.24, 2.45) is 5.92 Å². The summed E-state index contributed by atoms with van der Waals surface area (Å²) in [4.78, 5) is 22.9. The molecule has 26 heavy (non-hydrogen) atoms. The third-order valence-electron chi connectivity index (χ3n) is 4.87. The molecule has 1 atom stereocenters. The number of carbonyl (C=O) groups is 2. The summed E-state index contributed by atoms with van der Waals surface area (Å²) in [6.45, 7) is 8.39. The van der Waals surface area contributed by atoms with E-state index in [2.05, 4.69) is 30.5 Å². The van der Waals surface area contributed by atoms with Gasteiger partial charge in [0.1, 0.15) is 0 Å². The first-order valence-electron chi connectivity index (χ1n) is 10.5. The average molecular weight is 368 g/mol. The van der Waals surface area contributed by atoms with E-state index in [-0.39, 0.29) is 18.0 Å². The van der Waals surface area contributed by atoms with Gasteiger partial charge in [-0.3, -0.25) is 4.79 Å². The van der Waals surface area contributed by atoms with Crippen molar-refractivity contribution in [3.05, 3.63) is 12.2 Å². The normalized spacial score (nSPS) is 11.8. The number of nitrogens with one attached hydrogen (secondary N) is 1. The first-order chi connectivity index (χ1) is 12.5. The Hall–Kier alpha value is -1.32. The van der Waals surface area contributed by atoms with Gasteiger partial charge in [-0.1, -0.05) is 91.1 Å². The summed E-state index contributed by atoms with van der Waals surface area (Å²) in [7, 11) is 1.31. The minimum Gasteiger partial charge on any atom is -0.466 e. The maximum atomic E-state index is 11.7. The van der Waals surface area contributed by atoms with Gasteiger partial charge in [0.25, 0.3) is 0 Å². The number of ether oxygens (including phenoxy) is 1. The van der Waals surface area contributed by atoms with Gasteiger partial charge in [-0.15, -0.1) is 0 Å². The van der Waals surface area contributed by atoms with Crippen molar-refractivity contribution in [3.63, 3.8) is 0 Å². The highest BCUT2D eigenvalue weighted by Crippen LogP contribution is 2.18. The number of hydrogen-bond acceptors (Lipinski definition) is 3. The highest BCUT2D eigenvalue weighted by Gasteiger charge is 2.08. The fourth-order valence-electron chi connectivity index (χ4n) is 3.06. The average Bonchev–Trinajstić information content (AvgIpc) is 2.64. The van der Waals surface area contributed by atoms with Crippen molar-refractivity contribution in [2.45, 2.75) is 97.3 Å². The van der Waals surface area contributed by atoms with Crippen molar-refractivity contribution in [1.29, 1.82) is 0 Å². The second kappa shape index (κ2) is 17.1. The van der Waals surface area contributed by atoms with E-state index in [1.165, 1.54) is 71.3 Å². The van der Waals surface area contributed by atoms with Crippen molar-refractivity contribution in [2.75, 3.05) is 13.7 Å². The zero-order chi connectivity index (χ0) is 19.6. The van der Waals surface area contributed by atoms with Crippen LogP contribution in [0.15, 0.2) is 12.2 Å². The molecule has 0 radical (unpaired) electrons. The van der Waals surface area contributed by atoms with E-state index < -0.39 is 5.97 Å². The summed E-state index contributed by atoms with van der Waals surface area (Å²) in [5.74, 6) is 0.359. The van der Waals surface area contributed by atoms with Gasteiger partial charge in [0, 0.05) is 18.5 Å². The molecule has 1 unspecified atom stereocenters. The Morgan fingerprint density at radius 2 is 1.46 bits per heavy atom. The van der Waals surface area contributed by atoms with Gasteiger partial charge < -0.3 is 10.1 Å². The van der Waals surface area contributed by atoms with Crippen LogP contribution in [0.1, 0.15) is 97.3 Å². The van der Waals surface area contributed by atoms with Crippen LogP contribution in [-0.4, -0.2) is 25.5 Å². The molecule has 0 aromatic rings. The van der Waals surface area contributed by atoms with E-state index in [4.69, 9.17) is 0 Å². The minimum absolute atomic E-state index is 0.0215. The van der Waals surface area contributed by atoms with E-state index in [9.17, 15) is 9.59 Å². The van der Waals surface area contributed by atoms with E-state index in [0.29, 0.717) is 6.42 Å². The van der Waals surface area contributed by atoms with Crippen LogP contribution in [0.25, 0.3) is 0 Å². The molecule has 0 fully saturated rings. The van der Waals surface area contributed by atoms with Crippen LogP contribution in [-0.2, 0) is 14.3 Å². The van der Waals surface area contributed by atoms with Crippen LogP contribution in [0.5, 0.6) is 0 Å². The molecule has 0 spiro atoms. The molecule has 0 aliphatic carbocycles. The summed E-state index contributed by atoms with van der Waals surface area (Å²) in [6.07, 6.45) is 15.9. The summed E-state index contributed by atoms with van der Waals surface area (Å²) >= 11 is 0. The molecule has 0 saturated carbocycles. The Morgan fingerprint density at radius 1 is 0.923 bits per heavy atom. The van der Waals surface area contributed by atoms with Gasteiger partial charge in [-0.2, -0.15) is 0 Å². The van der Waals surface area contributed by atoms with Crippen molar-refractivity contribution < 1.29 is 14.3 Å². The number of esters is 1. The van der Waals surface area contributed by atoms with Crippen LogP contribution >= 0.6 is 0 Å². The predicted molar refractivity (Wildman–Crippen MR) is 109 cm³/mol. The number of carbonyl (C=O) groups excluding carboxylic acids is 2. The van der Waals surface area contributed by atoms with Gasteiger partial charge in [0.05, 0.1) is 7.11 Å². The molecular weight excluding hydrogens is 326 g/mol. The van der Waals surface area contributed by atoms with E-state index in [1.807, 2.05) is 0 Å². The molecule has 4 heteroatoms. The smallest absolute Gasteiger partial charge is 0.334 e. The van der Waals surface area contributed by atoms with Crippen molar-refractivity contribution in [1.82, 2.24) is 5.32 Å². The molecule has 0 aliphatic rings. The van der Waals surface area contributed by atoms with Crippen LogP contribution in [0.3, 0.4) is 0 Å². The number of hydrogen-bond donors (Lipinski definition) is 1. The lowest BCUT2D eigenvalue weighted by Crippen LogP contribution is -2.27. The Balaban J connectivity index is 3.43. The maximum Gasteiger partial charge on any atom is 0.334 e. The SMILES string of the molecule is C=C(CNC(=O)CCCCCCCC(C)CCCCCCC)C(=O)OC. The number of unbranched alkanes of at least 4 members (excludes halogenated alkanes) is 8. The van der Waals surface area contributed by atoms with E-state index in [0.717, 1.165) is 18.8 Å². The molecule has 0 bridgehead atoms. The lowest BCUT2D eigenvalue weighted by Gasteiger charge is -2.11. The second-order valence-electron chi connectivity index (χ2n) is 7.49. The molecule has 152 valence electrons. The Morgan fingerprint density at radius 3 is 2.04 bits per heavy atom. The van der Waals surface area contributed by atoms with Gasteiger partial charge >= 0.3 is 5.97 Å². The molecular formula is C22H41NO3. The largest absolute Gasteiger partial charge is 0.466 e. The van der Waals surface area contributed by atoms with Gasteiger partial charge in [-0.25, -0.2) is 4.79 Å². The zero-order valence-electron chi connectivity index (χ0n) is 17.4. The van der Waals surface area contributed by atoms with Gasteiger partial charge in [-0.05, 0) is 12.3 Å². The van der Waals surface area contributed by atoms with Gasteiger partial charge in [0.2, 0.25) is 5.91 Å². The monoisotopic (exact) mass is 367 g/mol. The van der Waals surface area contributed by atoms with Crippen molar-refractivity contribution >= 4 is 11.9 Å². The van der Waals surface area contributed by atoms with Crippen LogP contribution in [0, 0.1) is 5.92 Å². The number of rotatable bonds is 17. The molecule has 1 N–H and O–H groups in total. The minimum atomic E-state index is -0.472. The first kappa shape index (κ1) is 24.7. The highest BCUT2D eigenvalue weighted by molar-refractivity contribution is 5.89. The fraction of sp³-hybridized carbons (Fsp3) is 0.818. The van der Waals surface area contributed by atoms with Crippen LogP contribution < -0.4 is 5.32 Å². The summed E-state index contributed by atoms with van der Waals surface area (Å²) < 4.78 is 4.54. The number of methoxy groups -OCH3 is 1. The highest BCUT2D eigenvalue weighted by atomic mass is 16.5. The Bertz CT molecular complexity index is 393. The molecule has 0 saturated heterocycles. The first-order valence-corrected chi connectivity index (χ1v) is 10.5. The molecule has 0 aliphatic heterocycles. The topological polar surface area (TPSA) is 55.4 Å². The molecule has 0 aromatic heterocycles. The zero-order valence-corrected chi connectivity index (χ0v) is 17.4. The summed E-state index contributed by atoms with van der Waals surface area (Å²) in [5, 5.41) is 2.71. The summed E-state index contributed by atoms with van der Waals surface area (Å²) in [5.41, 5.74) is 0.278. The van der Waals surface area contributed by atoms with E-state index >= 15 is 0 Å². The lowest BCUT2D eigenvalue weighted by molar-refractivity contribution is -0.136. The molecule has 0 rings (SSSR count). The third kappa shape index (κ3) is 15.0. The molecule has 0 heterocycles. The van der Waals surface area contributed by atoms with Gasteiger partial charge in [0.15, 0.2) is 0 Å². The number of amides is 1. The third-order valence-corrected chi connectivity index (χ3v) is 4.87.